The molecule has 0 spiro atoms. The summed E-state index contributed by atoms with van der Waals surface area (Å²) in [7, 11) is 0. The number of aliphatic hydroxyl groups excluding tert-OH is 1. The number of phenolic OH excluding ortho intramolecular Hbond substituents is 2. The minimum absolute atomic E-state index is 0.0945. The first-order chi connectivity index (χ1) is 31.3. The van der Waals surface area contributed by atoms with Crippen LogP contribution in [0.1, 0.15) is 53.9 Å². The van der Waals surface area contributed by atoms with Gasteiger partial charge in [0.15, 0.2) is 5.78 Å². The van der Waals surface area contributed by atoms with E-state index in [0.29, 0.717) is 42.8 Å². The molecule has 3 heterocycles. The highest BCUT2D eigenvalue weighted by Gasteiger charge is 2.43. The van der Waals surface area contributed by atoms with Gasteiger partial charge in [-0.05, 0) is 103 Å². The van der Waals surface area contributed by atoms with Crippen LogP contribution in [0.15, 0.2) is 96.5 Å². The number of likely N-dealkylation sites (tertiary alicyclic amines) is 1. The smallest absolute Gasteiger partial charge is 0.246 e. The van der Waals surface area contributed by atoms with Gasteiger partial charge < -0.3 is 45.1 Å². The van der Waals surface area contributed by atoms with Crippen LogP contribution in [0.25, 0.3) is 31.0 Å². The van der Waals surface area contributed by atoms with Crippen molar-refractivity contribution in [2.75, 3.05) is 46.2 Å². The average Bonchev–Trinajstić information content (AvgIpc) is 4.07. The lowest BCUT2D eigenvalue weighted by atomic mass is 9.84. The van der Waals surface area contributed by atoms with E-state index in [0.717, 1.165) is 42.2 Å². The number of nitrogens with one attached hydrogen (secondary N) is 2. The Hall–Kier alpha value is -6.17. The molecule has 0 bridgehead atoms. The molecule has 3 amide bonds. The Kier molecular flexibility index (Phi) is 15.3. The van der Waals surface area contributed by atoms with E-state index in [2.05, 4.69) is 15.6 Å². The highest BCUT2D eigenvalue weighted by Crippen LogP contribution is 2.41. The SMILES string of the molecule is Cc1ncsc1-c1ccc(CNC(=O)C2CCCN2C(=O)[C@@H](NC(=O)COCCOCCOc2ccc(C(=O)c3c(-c4ccc(O)cc4)sc4cc(O)ccc34)cc2)C(C)(C)CO)cc1. The largest absolute Gasteiger partial charge is 0.508 e. The van der Waals surface area contributed by atoms with Crippen molar-refractivity contribution in [3.05, 3.63) is 119 Å². The zero-order valence-corrected chi connectivity index (χ0v) is 38.0. The number of hydrogen-bond donors (Lipinski definition) is 5. The van der Waals surface area contributed by atoms with Crippen molar-refractivity contribution in [3.8, 4) is 38.1 Å². The van der Waals surface area contributed by atoms with E-state index < -0.39 is 29.3 Å². The number of aromatic nitrogens is 1. The van der Waals surface area contributed by atoms with Crippen molar-refractivity contribution in [1.29, 1.82) is 0 Å². The Morgan fingerprint density at radius 3 is 2.25 bits per heavy atom. The van der Waals surface area contributed by atoms with Crippen LogP contribution in [0, 0.1) is 12.3 Å². The molecule has 0 saturated carbocycles. The van der Waals surface area contributed by atoms with Crippen molar-refractivity contribution >= 4 is 56.3 Å². The van der Waals surface area contributed by atoms with E-state index in [4.69, 9.17) is 14.2 Å². The summed E-state index contributed by atoms with van der Waals surface area (Å²) in [6, 6.07) is 24.4. The zero-order chi connectivity index (χ0) is 46.1. The zero-order valence-electron chi connectivity index (χ0n) is 36.4. The maximum Gasteiger partial charge on any atom is 0.246 e. The van der Waals surface area contributed by atoms with E-state index in [1.54, 1.807) is 91.9 Å². The molecule has 0 aliphatic carbocycles. The number of rotatable bonds is 20. The molecule has 16 heteroatoms. The van der Waals surface area contributed by atoms with Crippen LogP contribution in [-0.2, 0) is 30.4 Å². The summed E-state index contributed by atoms with van der Waals surface area (Å²) in [5.41, 5.74) is 5.46. The lowest BCUT2D eigenvalue weighted by molar-refractivity contribution is -0.145. The van der Waals surface area contributed by atoms with Crippen LogP contribution in [0.3, 0.4) is 0 Å². The quantitative estimate of drug-likeness (QED) is 0.0396. The van der Waals surface area contributed by atoms with Crippen LogP contribution >= 0.6 is 22.7 Å². The summed E-state index contributed by atoms with van der Waals surface area (Å²) in [6.07, 6.45) is 1.11. The summed E-state index contributed by atoms with van der Waals surface area (Å²) in [5.74, 6) is -0.698. The van der Waals surface area contributed by atoms with Gasteiger partial charge in [0.25, 0.3) is 0 Å². The molecule has 14 nitrogen and oxygen atoms in total. The number of hydrogen-bond acceptors (Lipinski definition) is 13. The standard InChI is InChI=1S/C49H52N4O10S2/c1-30-44(64-29-51-30)33-8-6-31(7-9-33)26-50-47(59)39-5-4-20-53(39)48(60)46(49(2,3)28-54)52-41(57)27-62-22-21-61-23-24-63-37-17-12-32(13-18-37)43(58)42-38-19-16-36(56)25-40(38)65-45(42)34-10-14-35(55)15-11-34/h6-19,25,29,39,46,54-56H,4-5,20-24,26-28H2,1-3H3,(H,50,59)(H,52,57)/t39?,46-/m1/s1. The summed E-state index contributed by atoms with van der Waals surface area (Å²) in [4.78, 5) is 61.9. The molecule has 5 N–H and O–H groups in total. The lowest BCUT2D eigenvalue weighted by Crippen LogP contribution is -2.59. The van der Waals surface area contributed by atoms with E-state index >= 15 is 0 Å². The summed E-state index contributed by atoms with van der Waals surface area (Å²) in [6.45, 7) is 5.95. The molecule has 0 radical (unpaired) electrons. The first-order valence-corrected chi connectivity index (χ1v) is 23.0. The first kappa shape index (κ1) is 46.8. The fourth-order valence-electron chi connectivity index (χ4n) is 7.59. The van der Waals surface area contributed by atoms with Crippen molar-refractivity contribution in [2.45, 2.75) is 52.2 Å². The van der Waals surface area contributed by atoms with E-state index in [-0.39, 0.29) is 62.8 Å². The number of phenols is 2. The molecule has 1 aliphatic rings. The van der Waals surface area contributed by atoms with Crippen molar-refractivity contribution in [3.63, 3.8) is 0 Å². The van der Waals surface area contributed by atoms with Crippen LogP contribution in [0.5, 0.6) is 17.2 Å². The number of aliphatic hydroxyl groups is 1. The molecule has 1 unspecified atom stereocenters. The third-order valence-corrected chi connectivity index (χ3v) is 13.4. The number of thiazole rings is 1. The molecule has 7 rings (SSSR count). The lowest BCUT2D eigenvalue weighted by Gasteiger charge is -2.36. The number of carbonyl (C=O) groups is 4. The first-order valence-electron chi connectivity index (χ1n) is 21.3. The Morgan fingerprint density at radius 1 is 0.862 bits per heavy atom. The van der Waals surface area contributed by atoms with Gasteiger partial charge in [0.1, 0.15) is 42.5 Å². The number of carbonyl (C=O) groups excluding carboxylic acids is 4. The molecule has 1 aliphatic heterocycles. The molecular formula is C49H52N4O10S2. The Labute approximate surface area is 384 Å². The molecule has 1 saturated heterocycles. The van der Waals surface area contributed by atoms with Crippen LogP contribution in [0.4, 0.5) is 0 Å². The fourth-order valence-corrected chi connectivity index (χ4v) is 9.64. The molecule has 2 atom stereocenters. The normalized spacial score (nSPS) is 14.3. The average molecular weight is 921 g/mol. The minimum atomic E-state index is -1.10. The minimum Gasteiger partial charge on any atom is -0.508 e. The molecule has 1 fully saturated rings. The Balaban J connectivity index is 0.833. The van der Waals surface area contributed by atoms with E-state index in [1.807, 2.05) is 36.7 Å². The molecule has 4 aromatic carbocycles. The summed E-state index contributed by atoms with van der Waals surface area (Å²) >= 11 is 2.97. The molecule has 340 valence electrons. The number of thiophene rings is 1. The Bertz CT molecular complexity index is 2610. The number of ether oxygens (including phenoxy) is 3. The number of nitrogens with zero attached hydrogens (tertiary/aromatic N) is 2. The van der Waals surface area contributed by atoms with E-state index in [9.17, 15) is 34.5 Å². The maximum atomic E-state index is 14.0. The van der Waals surface area contributed by atoms with Gasteiger partial charge in [-0.2, -0.15) is 0 Å². The van der Waals surface area contributed by atoms with Crippen molar-refractivity contribution in [2.24, 2.45) is 5.41 Å². The third kappa shape index (κ3) is 11.4. The number of fused-ring (bicyclic) bond motifs is 1. The summed E-state index contributed by atoms with van der Waals surface area (Å²) < 4.78 is 17.7. The number of aromatic hydroxyl groups is 2. The number of amides is 3. The number of aryl methyl sites for hydroxylation is 1. The topological polar surface area (TPSA) is 197 Å². The molecule has 65 heavy (non-hydrogen) atoms. The molecular weight excluding hydrogens is 869 g/mol. The van der Waals surface area contributed by atoms with Crippen LogP contribution < -0.4 is 15.4 Å². The second kappa shape index (κ2) is 21.2. The monoisotopic (exact) mass is 920 g/mol. The van der Waals surface area contributed by atoms with Gasteiger partial charge in [-0.25, -0.2) is 4.98 Å². The van der Waals surface area contributed by atoms with Crippen molar-refractivity contribution in [1.82, 2.24) is 20.5 Å². The van der Waals surface area contributed by atoms with Gasteiger partial charge in [-0.1, -0.05) is 38.1 Å². The molecule has 2 aromatic heterocycles. The highest BCUT2D eigenvalue weighted by atomic mass is 32.1. The second-order valence-electron chi connectivity index (χ2n) is 16.4. The third-order valence-electron chi connectivity index (χ3n) is 11.3. The van der Waals surface area contributed by atoms with Gasteiger partial charge in [0.2, 0.25) is 17.7 Å². The van der Waals surface area contributed by atoms with E-state index in [1.165, 1.54) is 16.2 Å². The summed E-state index contributed by atoms with van der Waals surface area (Å²) in [5, 5.41) is 36.5. The fraction of sp³-hybridized carbons (Fsp3) is 0.327. The highest BCUT2D eigenvalue weighted by molar-refractivity contribution is 7.22. The van der Waals surface area contributed by atoms with Crippen LogP contribution in [0.2, 0.25) is 0 Å². The van der Waals surface area contributed by atoms with Gasteiger partial charge in [-0.15, -0.1) is 22.7 Å². The maximum absolute atomic E-state index is 14.0. The van der Waals surface area contributed by atoms with Gasteiger partial charge >= 0.3 is 0 Å². The number of ketones is 1. The predicted octanol–water partition coefficient (Wildman–Crippen LogP) is 6.87. The van der Waals surface area contributed by atoms with Gasteiger partial charge in [0, 0.05) is 44.6 Å². The number of benzene rings is 4. The predicted molar refractivity (Wildman–Crippen MR) is 249 cm³/mol. The Morgan fingerprint density at radius 2 is 1.54 bits per heavy atom. The second-order valence-corrected chi connectivity index (χ2v) is 18.3. The van der Waals surface area contributed by atoms with Gasteiger partial charge in [0.05, 0.1) is 42.5 Å². The van der Waals surface area contributed by atoms with Crippen molar-refractivity contribution < 1.29 is 48.7 Å². The molecule has 6 aromatic rings. The van der Waals surface area contributed by atoms with Crippen LogP contribution in [-0.4, -0.2) is 107 Å². The van der Waals surface area contributed by atoms with Gasteiger partial charge in [-0.3, -0.25) is 19.2 Å².